The Balaban J connectivity index is 1.87. The van der Waals surface area contributed by atoms with Gasteiger partial charge in [0, 0.05) is 31.7 Å². The third-order valence-electron chi connectivity index (χ3n) is 3.71. The lowest BCUT2D eigenvalue weighted by Gasteiger charge is -2.36. The van der Waals surface area contributed by atoms with Crippen LogP contribution in [0.25, 0.3) is 0 Å². The zero-order valence-corrected chi connectivity index (χ0v) is 10.9. The number of likely N-dealkylation sites (tertiary alicyclic amines) is 1. The van der Waals surface area contributed by atoms with Crippen LogP contribution >= 0.6 is 0 Å². The number of hydrogen-bond acceptors (Lipinski definition) is 3. The van der Waals surface area contributed by atoms with Crippen molar-refractivity contribution in [1.82, 2.24) is 4.90 Å². The number of rotatable bonds is 2. The number of carbonyl (C=O) groups excluding carboxylic acids is 2. The summed E-state index contributed by atoms with van der Waals surface area (Å²) in [4.78, 5) is 26.8. The molecule has 2 fully saturated rings. The maximum atomic E-state index is 13.8. The number of carbonyl (C=O) groups is 2. The van der Waals surface area contributed by atoms with Gasteiger partial charge in [-0.15, -0.1) is 0 Å². The van der Waals surface area contributed by atoms with E-state index < -0.39 is 17.8 Å². The zero-order valence-electron chi connectivity index (χ0n) is 10.9. The molecule has 20 heavy (non-hydrogen) atoms. The molecule has 1 N–H and O–H groups in total. The third kappa shape index (κ3) is 2.16. The first-order valence-electron chi connectivity index (χ1n) is 6.63. The maximum absolute atomic E-state index is 13.8. The third-order valence-corrected chi connectivity index (χ3v) is 3.71. The molecule has 0 saturated carbocycles. The van der Waals surface area contributed by atoms with E-state index in [1.54, 1.807) is 4.90 Å². The number of nitrogens with zero attached hydrogens (tertiary/aromatic N) is 2. The largest absolute Gasteiger partial charge is 0.389 e. The lowest BCUT2D eigenvalue weighted by Crippen LogP contribution is -2.53. The number of amides is 2. The minimum atomic E-state index is -0.605. The fourth-order valence-electron chi connectivity index (χ4n) is 2.56. The minimum Gasteiger partial charge on any atom is -0.389 e. The molecule has 2 amide bonds. The van der Waals surface area contributed by atoms with Crippen LogP contribution in [0.3, 0.4) is 0 Å². The predicted octanol–water partition coefficient (Wildman–Crippen LogP) is 0.769. The number of anilines is 1. The Hall–Kier alpha value is -1.95. The molecule has 0 radical (unpaired) electrons. The number of halogens is 1. The average Bonchev–Trinajstić information content (AvgIpc) is 2.81. The molecule has 2 saturated heterocycles. The Morgan fingerprint density at radius 1 is 1.35 bits per heavy atom. The molecule has 5 nitrogen and oxygen atoms in total. The van der Waals surface area contributed by atoms with Gasteiger partial charge in [0.05, 0.1) is 11.7 Å². The number of hydrogen-bond donors (Lipinski definition) is 1. The fraction of sp³-hybridized carbons (Fsp3) is 0.429. The number of β-amino-alcohol motifs (C(OH)–C–C–N with tert-alkyl or cyclic N) is 1. The van der Waals surface area contributed by atoms with E-state index in [4.69, 9.17) is 0 Å². The monoisotopic (exact) mass is 278 g/mol. The summed E-state index contributed by atoms with van der Waals surface area (Å²) in [6.07, 6.45) is 0.738. The predicted molar refractivity (Wildman–Crippen MR) is 69.9 cm³/mol. The van der Waals surface area contributed by atoms with Gasteiger partial charge in [0.2, 0.25) is 5.91 Å². The van der Waals surface area contributed by atoms with E-state index in [-0.39, 0.29) is 24.6 Å². The van der Waals surface area contributed by atoms with Crippen molar-refractivity contribution in [2.75, 3.05) is 24.5 Å². The Morgan fingerprint density at radius 2 is 2.10 bits per heavy atom. The first kappa shape index (κ1) is 13.1. The highest BCUT2D eigenvalue weighted by molar-refractivity contribution is 5.99. The lowest BCUT2D eigenvalue weighted by atomic mass is 10.1. The average molecular weight is 278 g/mol. The highest BCUT2D eigenvalue weighted by Crippen LogP contribution is 2.25. The van der Waals surface area contributed by atoms with Crippen LogP contribution < -0.4 is 4.90 Å². The molecular weight excluding hydrogens is 263 g/mol. The molecule has 2 aliphatic heterocycles. The molecule has 0 aromatic heterocycles. The van der Waals surface area contributed by atoms with Gasteiger partial charge in [0.15, 0.2) is 0 Å². The topological polar surface area (TPSA) is 60.9 Å². The first-order valence-corrected chi connectivity index (χ1v) is 6.63. The summed E-state index contributed by atoms with van der Waals surface area (Å²) in [7, 11) is 0. The molecule has 1 aromatic carbocycles. The summed E-state index contributed by atoms with van der Waals surface area (Å²) in [6, 6.07) is 4.15. The molecule has 6 heteroatoms. The Morgan fingerprint density at radius 3 is 2.70 bits per heavy atom. The molecule has 0 atom stereocenters. The van der Waals surface area contributed by atoms with Gasteiger partial charge in [-0.3, -0.25) is 9.59 Å². The van der Waals surface area contributed by atoms with Crippen LogP contribution in [0.15, 0.2) is 18.2 Å². The zero-order chi connectivity index (χ0) is 14.3. The van der Waals surface area contributed by atoms with Crippen LogP contribution in [0.1, 0.15) is 23.2 Å². The fourth-order valence-corrected chi connectivity index (χ4v) is 2.56. The Labute approximate surface area is 115 Å². The molecule has 0 aliphatic carbocycles. The van der Waals surface area contributed by atoms with Gasteiger partial charge >= 0.3 is 0 Å². The van der Waals surface area contributed by atoms with Gasteiger partial charge in [-0.2, -0.15) is 0 Å². The maximum Gasteiger partial charge on any atom is 0.257 e. The van der Waals surface area contributed by atoms with Crippen LogP contribution in [-0.2, 0) is 4.79 Å². The summed E-state index contributed by atoms with van der Waals surface area (Å²) in [5, 5.41) is 9.20. The van der Waals surface area contributed by atoms with E-state index in [0.29, 0.717) is 18.7 Å². The standard InChI is InChI=1S/C14H15FN2O3/c15-12-4-3-9(17-5-1-2-13(17)19)6-11(12)14(20)16-7-10(18)8-16/h3-4,6,10,18H,1-2,5,7-8H2. The second-order valence-corrected chi connectivity index (χ2v) is 5.18. The number of benzene rings is 1. The highest BCUT2D eigenvalue weighted by Gasteiger charge is 2.31. The van der Waals surface area contributed by atoms with Gasteiger partial charge in [-0.25, -0.2) is 4.39 Å². The molecule has 3 rings (SSSR count). The van der Waals surface area contributed by atoms with Crippen molar-refractivity contribution in [3.63, 3.8) is 0 Å². The van der Waals surface area contributed by atoms with Gasteiger partial charge < -0.3 is 14.9 Å². The van der Waals surface area contributed by atoms with Crippen molar-refractivity contribution in [3.8, 4) is 0 Å². The molecule has 2 aliphatic rings. The van der Waals surface area contributed by atoms with Crippen molar-refractivity contribution in [2.24, 2.45) is 0 Å². The van der Waals surface area contributed by atoms with Crippen LogP contribution in [0, 0.1) is 5.82 Å². The van der Waals surface area contributed by atoms with E-state index in [1.165, 1.54) is 23.1 Å². The smallest absolute Gasteiger partial charge is 0.257 e. The van der Waals surface area contributed by atoms with Crippen molar-refractivity contribution >= 4 is 17.5 Å². The van der Waals surface area contributed by atoms with Gasteiger partial charge in [-0.05, 0) is 24.6 Å². The van der Waals surface area contributed by atoms with E-state index in [2.05, 4.69) is 0 Å². The van der Waals surface area contributed by atoms with Crippen LogP contribution in [-0.4, -0.2) is 47.6 Å². The van der Waals surface area contributed by atoms with Crippen LogP contribution in [0.2, 0.25) is 0 Å². The first-order chi connectivity index (χ1) is 9.56. The van der Waals surface area contributed by atoms with Crippen molar-refractivity contribution in [3.05, 3.63) is 29.6 Å². The number of aliphatic hydroxyl groups is 1. The molecule has 106 valence electrons. The Kier molecular flexibility index (Phi) is 3.17. The SMILES string of the molecule is O=C(c1cc(N2CCCC2=O)ccc1F)N1CC(O)C1. The molecule has 2 heterocycles. The molecule has 0 bridgehead atoms. The van der Waals surface area contributed by atoms with Crippen molar-refractivity contribution in [2.45, 2.75) is 18.9 Å². The van der Waals surface area contributed by atoms with E-state index in [1.807, 2.05) is 0 Å². The molecular formula is C14H15FN2O3. The van der Waals surface area contributed by atoms with Crippen molar-refractivity contribution < 1.29 is 19.1 Å². The normalized spacial score (nSPS) is 19.4. The van der Waals surface area contributed by atoms with Crippen LogP contribution in [0.5, 0.6) is 0 Å². The van der Waals surface area contributed by atoms with E-state index in [9.17, 15) is 19.1 Å². The minimum absolute atomic E-state index is 0.00520. The van der Waals surface area contributed by atoms with E-state index >= 15 is 0 Å². The summed E-state index contributed by atoms with van der Waals surface area (Å²) in [5.74, 6) is -1.05. The summed E-state index contributed by atoms with van der Waals surface area (Å²) in [5.41, 5.74) is 0.507. The lowest BCUT2D eigenvalue weighted by molar-refractivity contribution is -0.117. The summed E-state index contributed by atoms with van der Waals surface area (Å²) in [6.45, 7) is 1.05. The number of aliphatic hydroxyl groups excluding tert-OH is 1. The van der Waals surface area contributed by atoms with E-state index in [0.717, 1.165) is 6.42 Å². The van der Waals surface area contributed by atoms with Gasteiger partial charge in [0.25, 0.3) is 5.91 Å². The van der Waals surface area contributed by atoms with Gasteiger partial charge in [-0.1, -0.05) is 0 Å². The Bertz CT molecular complexity index is 570. The second-order valence-electron chi connectivity index (χ2n) is 5.18. The van der Waals surface area contributed by atoms with Crippen molar-refractivity contribution in [1.29, 1.82) is 0 Å². The van der Waals surface area contributed by atoms with Gasteiger partial charge in [0.1, 0.15) is 5.82 Å². The summed E-state index contributed by atoms with van der Waals surface area (Å²) >= 11 is 0. The molecule has 0 unspecified atom stereocenters. The molecule has 0 spiro atoms. The molecule has 1 aromatic rings. The second kappa shape index (κ2) is 4.86. The quantitative estimate of drug-likeness (QED) is 0.869. The summed E-state index contributed by atoms with van der Waals surface area (Å²) < 4.78 is 13.8. The highest BCUT2D eigenvalue weighted by atomic mass is 19.1. The van der Waals surface area contributed by atoms with Crippen LogP contribution in [0.4, 0.5) is 10.1 Å².